The number of halogens is 11. The molecule has 0 radical (unpaired) electrons. The minimum Gasteiger partial charge on any atom is -0.379 e. The topological polar surface area (TPSA) is 21.7 Å². The van der Waals surface area contributed by atoms with E-state index in [-0.39, 0.29) is 13.2 Å². The molecule has 14 heteroatoms. The van der Waals surface area contributed by atoms with Gasteiger partial charge in [0.1, 0.15) is 13.2 Å². The van der Waals surface area contributed by atoms with Gasteiger partial charge in [0.2, 0.25) is 0 Å². The Balaban J connectivity index is 2.78. The summed E-state index contributed by atoms with van der Waals surface area (Å²) in [5, 5.41) is 0. The number of morpholine rings is 1. The average molecular weight is 413 g/mol. The Kier molecular flexibility index (Phi) is 7.13. The normalized spacial score (nSPS) is 20.9. The van der Waals surface area contributed by atoms with Gasteiger partial charge in [0.05, 0.1) is 13.2 Å². The number of hydrogen-bond donors (Lipinski definition) is 0. The van der Waals surface area contributed by atoms with E-state index in [2.05, 4.69) is 4.74 Å². The fourth-order valence-electron chi connectivity index (χ4n) is 2.26. The van der Waals surface area contributed by atoms with Gasteiger partial charge in [-0.15, -0.1) is 0 Å². The maximum Gasteiger partial charge on any atom is 0.425 e. The molecule has 2 atom stereocenters. The van der Waals surface area contributed by atoms with E-state index in [1.807, 2.05) is 0 Å². The van der Waals surface area contributed by atoms with Crippen molar-refractivity contribution < 1.29 is 57.8 Å². The lowest BCUT2D eigenvalue weighted by Crippen LogP contribution is -2.60. The van der Waals surface area contributed by atoms with E-state index in [1.54, 1.807) is 0 Å². The van der Waals surface area contributed by atoms with Gasteiger partial charge in [-0.1, -0.05) is 0 Å². The predicted molar refractivity (Wildman–Crippen MR) is 63.9 cm³/mol. The summed E-state index contributed by atoms with van der Waals surface area (Å²) in [5.41, 5.74) is 0. The van der Waals surface area contributed by atoms with Crippen molar-refractivity contribution in [2.45, 2.75) is 36.4 Å². The highest BCUT2D eigenvalue weighted by Gasteiger charge is 2.60. The molecule has 0 bridgehead atoms. The smallest absolute Gasteiger partial charge is 0.379 e. The maximum atomic E-state index is 13.9. The van der Waals surface area contributed by atoms with Gasteiger partial charge in [0.15, 0.2) is 6.04 Å². The van der Waals surface area contributed by atoms with E-state index >= 15 is 0 Å². The molecule has 0 aliphatic carbocycles. The summed E-state index contributed by atoms with van der Waals surface area (Å²) in [6, 6.07) is -3.42. The van der Waals surface area contributed by atoms with Crippen molar-refractivity contribution in [1.29, 1.82) is 0 Å². The van der Waals surface area contributed by atoms with Crippen molar-refractivity contribution in [2.75, 3.05) is 39.5 Å². The van der Waals surface area contributed by atoms with Crippen LogP contribution >= 0.6 is 0 Å². The molecule has 1 fully saturated rings. The van der Waals surface area contributed by atoms with Gasteiger partial charge < -0.3 is 9.47 Å². The molecule has 1 saturated heterocycles. The van der Waals surface area contributed by atoms with E-state index in [0.29, 0.717) is 4.90 Å². The molecule has 0 aromatic rings. The molecule has 0 N–H and O–H groups in total. The van der Waals surface area contributed by atoms with Crippen LogP contribution < -0.4 is 0 Å². The Morgan fingerprint density at radius 3 is 1.65 bits per heavy atom. The SMILES string of the molecule is FC(C(F)(F)F)C(F)(F)COCC(F)(F)C(N1CCOCC1)C(F)(F)F. The summed E-state index contributed by atoms with van der Waals surface area (Å²) in [6.45, 7) is -6.35. The van der Waals surface area contributed by atoms with Gasteiger partial charge in [0.25, 0.3) is 12.1 Å². The molecular formula is C12H14F11NO2. The molecule has 0 aromatic carbocycles. The van der Waals surface area contributed by atoms with Crippen molar-refractivity contribution in [3.05, 3.63) is 0 Å². The second kappa shape index (κ2) is 8.00. The zero-order valence-corrected chi connectivity index (χ0v) is 12.8. The van der Waals surface area contributed by atoms with Crippen LogP contribution in [0.1, 0.15) is 0 Å². The minimum absolute atomic E-state index is 0.281. The van der Waals surface area contributed by atoms with Crippen molar-refractivity contribution >= 4 is 0 Å². The summed E-state index contributed by atoms with van der Waals surface area (Å²) in [6.07, 6.45) is -16.2. The van der Waals surface area contributed by atoms with E-state index in [4.69, 9.17) is 4.74 Å². The lowest BCUT2D eigenvalue weighted by molar-refractivity contribution is -0.276. The predicted octanol–water partition coefficient (Wildman–Crippen LogP) is 3.44. The third-order valence-electron chi connectivity index (χ3n) is 3.37. The van der Waals surface area contributed by atoms with Crippen LogP contribution in [-0.2, 0) is 9.47 Å². The third kappa shape index (κ3) is 6.08. The minimum atomic E-state index is -5.99. The monoisotopic (exact) mass is 413 g/mol. The maximum absolute atomic E-state index is 13.9. The van der Waals surface area contributed by atoms with Crippen LogP contribution in [0.4, 0.5) is 48.3 Å². The molecule has 2 unspecified atom stereocenters. The second-order valence-corrected chi connectivity index (χ2v) is 5.51. The summed E-state index contributed by atoms with van der Waals surface area (Å²) < 4.78 is 149. The van der Waals surface area contributed by atoms with E-state index in [9.17, 15) is 48.3 Å². The molecule has 0 spiro atoms. The second-order valence-electron chi connectivity index (χ2n) is 5.51. The Labute approximate surface area is 140 Å². The zero-order chi connectivity index (χ0) is 20.4. The molecule has 26 heavy (non-hydrogen) atoms. The van der Waals surface area contributed by atoms with Crippen LogP contribution in [0.5, 0.6) is 0 Å². The van der Waals surface area contributed by atoms with E-state index < -0.39 is 62.7 Å². The molecule has 3 nitrogen and oxygen atoms in total. The van der Waals surface area contributed by atoms with Crippen molar-refractivity contribution in [2.24, 2.45) is 0 Å². The molecular weight excluding hydrogens is 399 g/mol. The molecule has 1 rings (SSSR count). The molecule has 0 aromatic heterocycles. The quantitative estimate of drug-likeness (QED) is 0.597. The van der Waals surface area contributed by atoms with Crippen molar-refractivity contribution in [3.63, 3.8) is 0 Å². The van der Waals surface area contributed by atoms with Gasteiger partial charge in [-0.05, 0) is 0 Å². The highest BCUT2D eigenvalue weighted by molar-refractivity contribution is 4.93. The molecule has 1 heterocycles. The van der Waals surface area contributed by atoms with Crippen molar-refractivity contribution in [3.8, 4) is 0 Å². The summed E-state index contributed by atoms with van der Waals surface area (Å²) in [5.74, 6) is -10.0. The zero-order valence-electron chi connectivity index (χ0n) is 12.8. The number of rotatable bonds is 7. The molecule has 1 aliphatic rings. The molecule has 0 saturated carbocycles. The van der Waals surface area contributed by atoms with Crippen LogP contribution in [-0.4, -0.2) is 80.8 Å². The number of nitrogens with zero attached hydrogens (tertiary/aromatic N) is 1. The fraction of sp³-hybridized carbons (Fsp3) is 1.00. The summed E-state index contributed by atoms with van der Waals surface area (Å²) in [7, 11) is 0. The van der Waals surface area contributed by atoms with Crippen LogP contribution in [0, 0.1) is 0 Å². The first-order chi connectivity index (χ1) is 11.6. The molecule has 1 aliphatic heterocycles. The average Bonchev–Trinajstić information content (AvgIpc) is 2.44. The standard InChI is InChI=1S/C12H14F11NO2/c13-7(11(18,19)20)9(14,15)5-26-6-10(16,17)8(12(21,22)23)24-1-3-25-4-2-24/h7-8H,1-6H2. The van der Waals surface area contributed by atoms with Gasteiger partial charge >= 0.3 is 18.3 Å². The Bertz CT molecular complexity index is 445. The Morgan fingerprint density at radius 1 is 0.769 bits per heavy atom. The Morgan fingerprint density at radius 2 is 1.23 bits per heavy atom. The number of hydrogen-bond acceptors (Lipinski definition) is 3. The van der Waals surface area contributed by atoms with Gasteiger partial charge in [-0.25, -0.2) is 22.0 Å². The largest absolute Gasteiger partial charge is 0.425 e. The molecule has 0 amide bonds. The van der Waals surface area contributed by atoms with Crippen LogP contribution in [0.15, 0.2) is 0 Å². The van der Waals surface area contributed by atoms with Gasteiger partial charge in [0, 0.05) is 13.1 Å². The van der Waals surface area contributed by atoms with Gasteiger partial charge in [-0.3, -0.25) is 4.90 Å². The summed E-state index contributed by atoms with van der Waals surface area (Å²) in [4.78, 5) is 0.304. The summed E-state index contributed by atoms with van der Waals surface area (Å²) >= 11 is 0. The number of alkyl halides is 11. The Hall–Kier alpha value is -0.890. The first-order valence-corrected chi connectivity index (χ1v) is 7.02. The van der Waals surface area contributed by atoms with Crippen LogP contribution in [0.25, 0.3) is 0 Å². The highest BCUT2D eigenvalue weighted by atomic mass is 19.4. The lowest BCUT2D eigenvalue weighted by atomic mass is 10.1. The number of ether oxygens (including phenoxy) is 2. The van der Waals surface area contributed by atoms with E-state index in [0.717, 1.165) is 0 Å². The van der Waals surface area contributed by atoms with Crippen LogP contribution in [0.2, 0.25) is 0 Å². The molecule has 156 valence electrons. The van der Waals surface area contributed by atoms with E-state index in [1.165, 1.54) is 0 Å². The first kappa shape index (κ1) is 23.1. The third-order valence-corrected chi connectivity index (χ3v) is 3.37. The lowest BCUT2D eigenvalue weighted by Gasteiger charge is -2.39. The van der Waals surface area contributed by atoms with Crippen LogP contribution in [0.3, 0.4) is 0 Å². The van der Waals surface area contributed by atoms with Crippen molar-refractivity contribution in [1.82, 2.24) is 4.90 Å². The fourth-order valence-corrected chi connectivity index (χ4v) is 2.26. The highest BCUT2D eigenvalue weighted by Crippen LogP contribution is 2.38. The van der Waals surface area contributed by atoms with Gasteiger partial charge in [-0.2, -0.15) is 26.3 Å². The first-order valence-electron chi connectivity index (χ1n) is 7.02.